The summed E-state index contributed by atoms with van der Waals surface area (Å²) in [5, 5.41) is 4.19. The third kappa shape index (κ3) is 1.42. The van der Waals surface area contributed by atoms with Gasteiger partial charge in [0.2, 0.25) is 0 Å². The molecule has 0 saturated carbocycles. The van der Waals surface area contributed by atoms with Gasteiger partial charge < -0.3 is 5.32 Å². The second kappa shape index (κ2) is 3.42. The number of halogens is 2. The topological polar surface area (TPSA) is 12.0 Å². The lowest BCUT2D eigenvalue weighted by molar-refractivity contribution is 0.826. The van der Waals surface area contributed by atoms with E-state index >= 15 is 0 Å². The van der Waals surface area contributed by atoms with Crippen LogP contribution in [0, 0.1) is 3.57 Å². The molecule has 0 spiro atoms. The first-order valence-corrected chi connectivity index (χ1v) is 5.45. The molecule has 0 fully saturated rings. The van der Waals surface area contributed by atoms with Crippen molar-refractivity contribution in [2.24, 2.45) is 0 Å². The van der Waals surface area contributed by atoms with Crippen molar-refractivity contribution in [3.63, 3.8) is 0 Å². The summed E-state index contributed by atoms with van der Waals surface area (Å²) in [6, 6.07) is 4.04. The highest BCUT2D eigenvalue weighted by Gasteiger charge is 2.13. The number of hydrogen-bond donors (Lipinski definition) is 1. The third-order valence-electron chi connectivity index (χ3n) is 2.11. The minimum Gasteiger partial charge on any atom is -0.384 e. The predicted octanol–water partition coefficient (Wildman–Crippen LogP) is 3.30. The molecule has 0 atom stereocenters. The molecule has 0 unspecified atom stereocenters. The van der Waals surface area contributed by atoms with E-state index in [1.807, 2.05) is 6.07 Å². The molecule has 0 radical (unpaired) electrons. The first-order valence-electron chi connectivity index (χ1n) is 4.00. The van der Waals surface area contributed by atoms with Gasteiger partial charge in [-0.1, -0.05) is 11.6 Å². The van der Waals surface area contributed by atoms with Gasteiger partial charge in [-0.3, -0.25) is 0 Å². The van der Waals surface area contributed by atoms with E-state index in [2.05, 4.69) is 34.0 Å². The van der Waals surface area contributed by atoms with Crippen molar-refractivity contribution >= 4 is 39.9 Å². The lowest BCUT2D eigenvalue weighted by Gasteiger charge is -2.20. The molecule has 1 aromatic rings. The van der Waals surface area contributed by atoms with Gasteiger partial charge in [-0.25, -0.2) is 0 Å². The summed E-state index contributed by atoms with van der Waals surface area (Å²) < 4.78 is 1.32. The fourth-order valence-electron chi connectivity index (χ4n) is 1.51. The van der Waals surface area contributed by atoms with Crippen LogP contribution >= 0.6 is 34.2 Å². The highest BCUT2D eigenvalue weighted by molar-refractivity contribution is 14.1. The zero-order valence-electron chi connectivity index (χ0n) is 6.53. The first-order chi connectivity index (χ1) is 5.79. The second-order valence-corrected chi connectivity index (χ2v) is 4.48. The Morgan fingerprint density at radius 1 is 1.42 bits per heavy atom. The normalized spacial score (nSPS) is 15.2. The van der Waals surface area contributed by atoms with Crippen LogP contribution < -0.4 is 5.32 Å². The van der Waals surface area contributed by atoms with E-state index in [0.717, 1.165) is 23.7 Å². The number of nitrogens with one attached hydrogen (secondary N) is 1. The van der Waals surface area contributed by atoms with Gasteiger partial charge >= 0.3 is 0 Å². The molecule has 1 nitrogen and oxygen atoms in total. The molecule has 3 heteroatoms. The van der Waals surface area contributed by atoms with Crippen LogP contribution in [0.3, 0.4) is 0 Å². The molecule has 1 N–H and O–H groups in total. The van der Waals surface area contributed by atoms with E-state index in [4.69, 9.17) is 11.6 Å². The fourth-order valence-corrected chi connectivity index (χ4v) is 2.47. The molecule has 0 aromatic heterocycles. The molecular formula is C9H9ClIN. The van der Waals surface area contributed by atoms with Crippen molar-refractivity contribution in [2.45, 2.75) is 12.8 Å². The Hall–Kier alpha value is 0.0400. The van der Waals surface area contributed by atoms with Crippen LogP contribution in [0.1, 0.15) is 12.0 Å². The van der Waals surface area contributed by atoms with Crippen molar-refractivity contribution < 1.29 is 0 Å². The van der Waals surface area contributed by atoms with Crippen molar-refractivity contribution in [1.82, 2.24) is 0 Å². The lowest BCUT2D eigenvalue weighted by atomic mass is 10.0. The van der Waals surface area contributed by atoms with E-state index in [-0.39, 0.29) is 0 Å². The Labute approximate surface area is 90.6 Å². The van der Waals surface area contributed by atoms with E-state index in [0.29, 0.717) is 0 Å². The maximum absolute atomic E-state index is 6.05. The first kappa shape index (κ1) is 8.63. The number of anilines is 1. The molecule has 64 valence electrons. The molecule has 1 heterocycles. The zero-order valence-corrected chi connectivity index (χ0v) is 9.45. The van der Waals surface area contributed by atoms with E-state index in [1.54, 1.807) is 0 Å². The highest BCUT2D eigenvalue weighted by Crippen LogP contribution is 2.32. The van der Waals surface area contributed by atoms with Crippen molar-refractivity contribution in [3.8, 4) is 0 Å². The van der Waals surface area contributed by atoms with Crippen LogP contribution in [0.5, 0.6) is 0 Å². The lowest BCUT2D eigenvalue weighted by Crippen LogP contribution is -2.13. The molecule has 0 bridgehead atoms. The van der Waals surface area contributed by atoms with Crippen molar-refractivity contribution in [3.05, 3.63) is 26.3 Å². The number of fused-ring (bicyclic) bond motifs is 1. The summed E-state index contributed by atoms with van der Waals surface area (Å²) in [6.07, 6.45) is 2.37. The molecule has 1 aliphatic rings. The van der Waals surface area contributed by atoms with Gasteiger partial charge in [-0.2, -0.15) is 0 Å². The van der Waals surface area contributed by atoms with Gasteiger partial charge in [0.25, 0.3) is 0 Å². The average molecular weight is 294 g/mol. The second-order valence-electron chi connectivity index (χ2n) is 2.91. The summed E-state index contributed by atoms with van der Waals surface area (Å²) in [4.78, 5) is 0. The van der Waals surface area contributed by atoms with Crippen LogP contribution in [-0.2, 0) is 6.42 Å². The Balaban J connectivity index is 2.57. The Kier molecular flexibility index (Phi) is 2.46. The number of hydrogen-bond acceptors (Lipinski definition) is 1. The molecule has 2 rings (SSSR count). The van der Waals surface area contributed by atoms with E-state index in [1.165, 1.54) is 15.6 Å². The molecule has 1 aromatic carbocycles. The van der Waals surface area contributed by atoms with Crippen LogP contribution in [0.25, 0.3) is 0 Å². The standard InChI is InChI=1S/C9H9ClIN/c10-7-3-4-8(11)6-2-1-5-12-9(6)7/h3-4,12H,1-2,5H2. The van der Waals surface area contributed by atoms with E-state index < -0.39 is 0 Å². The van der Waals surface area contributed by atoms with Gasteiger partial charge in [-0.15, -0.1) is 0 Å². The quantitative estimate of drug-likeness (QED) is 0.724. The molecule has 1 aliphatic heterocycles. The third-order valence-corrected chi connectivity index (χ3v) is 3.44. The predicted molar refractivity (Wildman–Crippen MR) is 61.0 cm³/mol. The van der Waals surface area contributed by atoms with Gasteiger partial charge in [0, 0.05) is 10.1 Å². The van der Waals surface area contributed by atoms with Crippen LogP contribution in [0.15, 0.2) is 12.1 Å². The average Bonchev–Trinajstić information content (AvgIpc) is 2.12. The Morgan fingerprint density at radius 2 is 2.25 bits per heavy atom. The van der Waals surface area contributed by atoms with Crippen LogP contribution in [0.4, 0.5) is 5.69 Å². The summed E-state index contributed by atoms with van der Waals surface area (Å²) in [5.74, 6) is 0. The largest absolute Gasteiger partial charge is 0.384 e. The summed E-state index contributed by atoms with van der Waals surface area (Å²) in [6.45, 7) is 1.05. The zero-order chi connectivity index (χ0) is 8.55. The maximum Gasteiger partial charge on any atom is 0.0641 e. The number of benzene rings is 1. The molecule has 12 heavy (non-hydrogen) atoms. The molecule has 0 amide bonds. The summed E-state index contributed by atoms with van der Waals surface area (Å²) >= 11 is 8.41. The van der Waals surface area contributed by atoms with Crippen molar-refractivity contribution in [2.75, 3.05) is 11.9 Å². The smallest absolute Gasteiger partial charge is 0.0641 e. The van der Waals surface area contributed by atoms with E-state index in [9.17, 15) is 0 Å². The Morgan fingerprint density at radius 3 is 3.00 bits per heavy atom. The number of rotatable bonds is 0. The SMILES string of the molecule is Clc1ccc(I)c2c1NCCC2. The monoisotopic (exact) mass is 293 g/mol. The summed E-state index contributed by atoms with van der Waals surface area (Å²) in [5.41, 5.74) is 2.53. The maximum atomic E-state index is 6.05. The van der Waals surface area contributed by atoms with Gasteiger partial charge in [0.1, 0.15) is 0 Å². The van der Waals surface area contributed by atoms with Gasteiger partial charge in [0.05, 0.1) is 10.7 Å². The summed E-state index contributed by atoms with van der Waals surface area (Å²) in [7, 11) is 0. The molecular weight excluding hydrogens is 284 g/mol. The van der Waals surface area contributed by atoms with Gasteiger partial charge in [-0.05, 0) is 53.1 Å². The van der Waals surface area contributed by atoms with Crippen molar-refractivity contribution in [1.29, 1.82) is 0 Å². The van der Waals surface area contributed by atoms with Crippen LogP contribution in [-0.4, -0.2) is 6.54 Å². The Bertz CT molecular complexity index is 281. The molecule has 0 saturated heterocycles. The fraction of sp³-hybridized carbons (Fsp3) is 0.333. The van der Waals surface area contributed by atoms with Crippen LogP contribution in [0.2, 0.25) is 5.02 Å². The highest BCUT2D eigenvalue weighted by atomic mass is 127. The molecule has 0 aliphatic carbocycles. The minimum atomic E-state index is 0.852. The van der Waals surface area contributed by atoms with Gasteiger partial charge in [0.15, 0.2) is 0 Å². The minimum absolute atomic E-state index is 0.852.